The Balaban J connectivity index is 1.63. The lowest BCUT2D eigenvalue weighted by molar-refractivity contribution is -0.917. The van der Waals surface area contributed by atoms with Gasteiger partial charge in [-0.15, -0.1) is 0 Å². The van der Waals surface area contributed by atoms with Gasteiger partial charge < -0.3 is 24.4 Å². The standard InChI is InChI=1S/C20H23FN2O4/c1-26-17-11-14(12-18(27-2)19(17)24)13-22-7-9-23(10-8-22)20(25)15-5-3-4-6-16(15)21/h3-6,11-12,24H,7-10,13H2,1-2H3/p+1. The summed E-state index contributed by atoms with van der Waals surface area (Å²) in [5.41, 5.74) is 1.10. The van der Waals surface area contributed by atoms with Gasteiger partial charge in [0.05, 0.1) is 46.0 Å². The number of piperazine rings is 1. The summed E-state index contributed by atoms with van der Waals surface area (Å²) in [6.45, 7) is 3.36. The van der Waals surface area contributed by atoms with Gasteiger partial charge >= 0.3 is 0 Å². The minimum Gasteiger partial charge on any atom is -0.502 e. The van der Waals surface area contributed by atoms with Crippen LogP contribution in [-0.2, 0) is 6.54 Å². The molecule has 0 unspecified atom stereocenters. The minimum absolute atomic E-state index is 0.0148. The average molecular weight is 375 g/mol. The first-order chi connectivity index (χ1) is 13.0. The number of nitrogens with one attached hydrogen (secondary N) is 1. The van der Waals surface area contributed by atoms with Crippen LogP contribution in [0.2, 0.25) is 0 Å². The number of rotatable bonds is 5. The minimum atomic E-state index is -0.486. The fourth-order valence-corrected chi connectivity index (χ4v) is 3.35. The predicted octanol–water partition coefficient (Wildman–Crippen LogP) is 1.09. The Morgan fingerprint density at radius 3 is 2.30 bits per heavy atom. The second-order valence-electron chi connectivity index (χ2n) is 6.55. The lowest BCUT2D eigenvalue weighted by Crippen LogP contribution is -3.13. The third-order valence-electron chi connectivity index (χ3n) is 4.86. The van der Waals surface area contributed by atoms with Crippen molar-refractivity contribution in [2.45, 2.75) is 6.54 Å². The average Bonchev–Trinajstić information content (AvgIpc) is 2.69. The van der Waals surface area contributed by atoms with Gasteiger partial charge in [-0.05, 0) is 24.3 Å². The molecule has 2 aromatic rings. The first-order valence-electron chi connectivity index (χ1n) is 8.84. The number of amides is 1. The summed E-state index contributed by atoms with van der Waals surface area (Å²) in [6.07, 6.45) is 0. The molecule has 27 heavy (non-hydrogen) atoms. The van der Waals surface area contributed by atoms with Gasteiger partial charge in [-0.25, -0.2) is 4.39 Å². The van der Waals surface area contributed by atoms with Gasteiger partial charge in [-0.1, -0.05) is 12.1 Å². The van der Waals surface area contributed by atoms with E-state index in [0.29, 0.717) is 31.1 Å². The van der Waals surface area contributed by atoms with E-state index in [-0.39, 0.29) is 17.2 Å². The summed E-state index contributed by atoms with van der Waals surface area (Å²) in [7, 11) is 3.00. The van der Waals surface area contributed by atoms with Crippen LogP contribution in [0.15, 0.2) is 36.4 Å². The summed E-state index contributed by atoms with van der Waals surface area (Å²) in [5.74, 6) is -0.0195. The highest BCUT2D eigenvalue weighted by Gasteiger charge is 2.26. The first kappa shape index (κ1) is 19.0. The maximum absolute atomic E-state index is 13.8. The number of ether oxygens (including phenoxy) is 2. The fraction of sp³-hybridized carbons (Fsp3) is 0.350. The van der Waals surface area contributed by atoms with E-state index in [0.717, 1.165) is 18.7 Å². The summed E-state index contributed by atoms with van der Waals surface area (Å²) >= 11 is 0. The Bertz CT molecular complexity index is 794. The highest BCUT2D eigenvalue weighted by atomic mass is 19.1. The van der Waals surface area contributed by atoms with Gasteiger partial charge in [-0.2, -0.15) is 0 Å². The van der Waals surface area contributed by atoms with Crippen molar-refractivity contribution in [1.82, 2.24) is 4.90 Å². The van der Waals surface area contributed by atoms with Crippen LogP contribution in [0, 0.1) is 5.82 Å². The molecule has 0 aromatic heterocycles. The summed E-state index contributed by atoms with van der Waals surface area (Å²) in [6, 6.07) is 9.66. The fourth-order valence-electron chi connectivity index (χ4n) is 3.35. The summed E-state index contributed by atoms with van der Waals surface area (Å²) < 4.78 is 24.2. The quantitative estimate of drug-likeness (QED) is 0.821. The Hall–Kier alpha value is -2.80. The van der Waals surface area contributed by atoms with Gasteiger partial charge in [0.2, 0.25) is 5.75 Å². The zero-order chi connectivity index (χ0) is 19.4. The first-order valence-corrected chi connectivity index (χ1v) is 8.84. The highest BCUT2D eigenvalue weighted by molar-refractivity contribution is 5.94. The molecule has 0 radical (unpaired) electrons. The van der Waals surface area contributed by atoms with Crippen molar-refractivity contribution in [2.24, 2.45) is 0 Å². The predicted molar refractivity (Wildman–Crippen MR) is 97.9 cm³/mol. The molecule has 0 saturated carbocycles. The number of quaternary nitrogens is 1. The molecule has 7 heteroatoms. The molecule has 0 atom stereocenters. The topological polar surface area (TPSA) is 63.4 Å². The SMILES string of the molecule is COc1cc(C[NH+]2CCN(C(=O)c3ccccc3F)CC2)cc(OC)c1O. The molecule has 2 aromatic carbocycles. The van der Waals surface area contributed by atoms with E-state index < -0.39 is 5.82 Å². The zero-order valence-electron chi connectivity index (χ0n) is 15.5. The van der Waals surface area contributed by atoms with Gasteiger partial charge in [-0.3, -0.25) is 4.79 Å². The molecule has 1 fully saturated rings. The molecule has 1 saturated heterocycles. The normalized spacial score (nSPS) is 14.9. The summed E-state index contributed by atoms with van der Waals surface area (Å²) in [5, 5.41) is 10.0. The molecule has 1 aliphatic heterocycles. The van der Waals surface area contributed by atoms with Crippen molar-refractivity contribution in [3.05, 3.63) is 53.3 Å². The second kappa shape index (κ2) is 8.26. The molecule has 1 heterocycles. The number of methoxy groups -OCH3 is 2. The van der Waals surface area contributed by atoms with E-state index in [1.807, 2.05) is 0 Å². The van der Waals surface area contributed by atoms with Crippen LogP contribution >= 0.6 is 0 Å². The van der Waals surface area contributed by atoms with Crippen LogP contribution < -0.4 is 14.4 Å². The number of carbonyl (C=O) groups excluding carboxylic acids is 1. The molecule has 2 N–H and O–H groups in total. The summed E-state index contributed by atoms with van der Waals surface area (Å²) in [4.78, 5) is 15.5. The molecule has 0 spiro atoms. The van der Waals surface area contributed by atoms with Crippen LogP contribution in [0.3, 0.4) is 0 Å². The number of hydrogen-bond acceptors (Lipinski definition) is 4. The number of phenolic OH excluding ortho intramolecular Hbond substituents is 1. The number of halogens is 1. The van der Waals surface area contributed by atoms with Crippen molar-refractivity contribution in [3.63, 3.8) is 0 Å². The molecule has 1 aliphatic rings. The van der Waals surface area contributed by atoms with Crippen molar-refractivity contribution < 1.29 is 28.7 Å². The lowest BCUT2D eigenvalue weighted by Gasteiger charge is -2.32. The number of carbonyl (C=O) groups is 1. The molecule has 144 valence electrons. The van der Waals surface area contributed by atoms with Gasteiger partial charge in [0, 0.05) is 5.56 Å². The van der Waals surface area contributed by atoms with E-state index in [2.05, 4.69) is 0 Å². The molecule has 3 rings (SSSR count). The van der Waals surface area contributed by atoms with Crippen LogP contribution in [0.4, 0.5) is 4.39 Å². The number of benzene rings is 2. The largest absolute Gasteiger partial charge is 0.502 e. The number of hydrogen-bond donors (Lipinski definition) is 2. The maximum atomic E-state index is 13.8. The van der Waals surface area contributed by atoms with E-state index in [4.69, 9.17) is 9.47 Å². The number of nitrogens with zero attached hydrogens (tertiary/aromatic N) is 1. The van der Waals surface area contributed by atoms with Crippen LogP contribution in [0.5, 0.6) is 17.2 Å². The molecule has 1 amide bonds. The Morgan fingerprint density at radius 1 is 1.15 bits per heavy atom. The van der Waals surface area contributed by atoms with Gasteiger partial charge in [0.25, 0.3) is 5.91 Å². The van der Waals surface area contributed by atoms with E-state index in [1.165, 1.54) is 31.3 Å². The van der Waals surface area contributed by atoms with Crippen molar-refractivity contribution >= 4 is 5.91 Å². The lowest BCUT2D eigenvalue weighted by atomic mass is 10.1. The van der Waals surface area contributed by atoms with Crippen molar-refractivity contribution in [1.29, 1.82) is 0 Å². The third-order valence-corrected chi connectivity index (χ3v) is 4.86. The number of phenols is 1. The van der Waals surface area contributed by atoms with Crippen LogP contribution in [0.25, 0.3) is 0 Å². The monoisotopic (exact) mass is 375 g/mol. The smallest absolute Gasteiger partial charge is 0.257 e. The number of aromatic hydroxyl groups is 1. The third kappa shape index (κ3) is 4.14. The van der Waals surface area contributed by atoms with Crippen LogP contribution in [-0.4, -0.2) is 56.3 Å². The zero-order valence-corrected chi connectivity index (χ0v) is 15.5. The molecule has 0 bridgehead atoms. The Morgan fingerprint density at radius 2 is 1.74 bits per heavy atom. The second-order valence-corrected chi connectivity index (χ2v) is 6.55. The Labute approximate surface area is 157 Å². The van der Waals surface area contributed by atoms with Gasteiger partial charge in [0.1, 0.15) is 12.4 Å². The molecular formula is C20H24FN2O4+. The van der Waals surface area contributed by atoms with E-state index >= 15 is 0 Å². The van der Waals surface area contributed by atoms with Crippen molar-refractivity contribution in [3.8, 4) is 17.2 Å². The maximum Gasteiger partial charge on any atom is 0.257 e. The van der Waals surface area contributed by atoms with Crippen molar-refractivity contribution in [2.75, 3.05) is 40.4 Å². The van der Waals surface area contributed by atoms with Gasteiger partial charge in [0.15, 0.2) is 11.5 Å². The molecular weight excluding hydrogens is 351 g/mol. The Kier molecular flexibility index (Phi) is 5.81. The van der Waals surface area contributed by atoms with E-state index in [9.17, 15) is 14.3 Å². The molecule has 6 nitrogen and oxygen atoms in total. The molecule has 0 aliphatic carbocycles. The highest BCUT2D eigenvalue weighted by Crippen LogP contribution is 2.36. The van der Waals surface area contributed by atoms with Crippen LogP contribution in [0.1, 0.15) is 15.9 Å². The van der Waals surface area contributed by atoms with E-state index in [1.54, 1.807) is 29.2 Å².